The van der Waals surface area contributed by atoms with Crippen LogP contribution in [0.3, 0.4) is 0 Å². The Morgan fingerprint density at radius 1 is 0.548 bits per heavy atom. The number of benzene rings is 2. The first-order chi connectivity index (χ1) is 54.4. The highest BCUT2D eigenvalue weighted by Crippen LogP contribution is 2.22. The Hall–Kier alpha value is -12.7. The number of Topliss-reactive ketones (excluding diaryl/α,β-unsaturated/α-hetero) is 1. The number of rotatable bonds is 35. The number of para-hydroxylation sites is 2. The number of anilines is 1. The minimum atomic E-state index is -2.45. The second kappa shape index (κ2) is 47.6. The number of primary amides is 1. The topological polar surface area (TPSA) is 702 Å². The number of amides is 14. The van der Waals surface area contributed by atoms with Crippen molar-refractivity contribution in [1.29, 1.82) is 0 Å². The van der Waals surface area contributed by atoms with Crippen molar-refractivity contribution in [3.8, 4) is 0 Å². The first kappa shape index (κ1) is 94.7. The minimum absolute atomic E-state index is 0.0186. The molecule has 1 saturated heterocycles. The van der Waals surface area contributed by atoms with Crippen LogP contribution in [0, 0.1) is 5.92 Å². The van der Waals surface area contributed by atoms with Crippen LogP contribution in [0.2, 0.25) is 0 Å². The van der Waals surface area contributed by atoms with Gasteiger partial charge in [-0.25, -0.2) is 4.79 Å². The van der Waals surface area contributed by atoms with Crippen molar-refractivity contribution in [3.63, 3.8) is 0 Å². The summed E-state index contributed by atoms with van der Waals surface area (Å²) in [4.78, 5) is 276. The lowest BCUT2D eigenvalue weighted by atomic mass is 9.96. The third-order valence-electron chi connectivity index (χ3n) is 17.9. The van der Waals surface area contributed by atoms with E-state index in [1.807, 2.05) is 16.0 Å². The molecule has 25 N–H and O–H groups in total. The van der Waals surface area contributed by atoms with Gasteiger partial charge in [-0.05, 0) is 69.3 Å². The summed E-state index contributed by atoms with van der Waals surface area (Å²) in [5.41, 5.74) is 18.1. The smallest absolute Gasteiger partial charge is 0.329 e. The molecular weight excluding hydrogens is 1520 g/mol. The summed E-state index contributed by atoms with van der Waals surface area (Å²) in [6, 6.07) is -10.5. The Labute approximate surface area is 657 Å². The summed E-state index contributed by atoms with van der Waals surface area (Å²) in [5, 5.41) is 78.7. The number of aliphatic hydroxyl groups is 1. The molecule has 13 atom stereocenters. The molecule has 1 fully saturated rings. The SMILES string of the molecule is CCCCCCCCCC(=O)N[C@@H](Cc1c[nH]c2ccccc12)C(=O)N[C@@H](CC(N)=O)C(=O)N[C@@H](CC(=O)O)C(=O)N[C@@H]1C(=O)NCC(=O)N[C@@H](CCCN)C(=O)N[C@@H](CC(=O)O)C(=O)N[C@H](C)C(=O)N[C@@H](CC(=O)O)C(=O)NCC(=O)N[C@H](CO)C(=O)NC([C@@H](C)CC(=O)O)C(=O)N[C@@H](CC(=O)c2ccccc2N)C(=O)O[C@@H]1C. The molecule has 630 valence electrons. The summed E-state index contributed by atoms with van der Waals surface area (Å²) in [6.07, 6.45) is -2.33. The lowest BCUT2D eigenvalue weighted by molar-refractivity contribution is -0.156. The first-order valence-corrected chi connectivity index (χ1v) is 36.8. The predicted octanol–water partition coefficient (Wildman–Crippen LogP) is -5.62. The Morgan fingerprint density at radius 2 is 1.09 bits per heavy atom. The zero-order chi connectivity index (χ0) is 85.8. The molecule has 1 unspecified atom stereocenters. The van der Waals surface area contributed by atoms with Crippen molar-refractivity contribution < 1.29 is 126 Å². The number of aliphatic hydroxyl groups excluding tert-OH is 1. The van der Waals surface area contributed by atoms with E-state index in [-0.39, 0.29) is 37.1 Å². The summed E-state index contributed by atoms with van der Waals surface area (Å²) in [5.74, 6) is -29.7. The van der Waals surface area contributed by atoms with Gasteiger partial charge in [-0.2, -0.15) is 0 Å². The number of fused-ring (bicyclic) bond motifs is 1. The fourth-order valence-corrected chi connectivity index (χ4v) is 11.7. The number of carboxylic acid groups (broad SMARTS) is 4. The van der Waals surface area contributed by atoms with Crippen LogP contribution >= 0.6 is 0 Å². The second-order valence-corrected chi connectivity index (χ2v) is 27.2. The normalized spacial score (nSPS) is 21.2. The molecule has 1 aliphatic heterocycles. The van der Waals surface area contributed by atoms with E-state index in [1.54, 1.807) is 30.5 Å². The van der Waals surface area contributed by atoms with Crippen LogP contribution < -0.4 is 86.3 Å². The van der Waals surface area contributed by atoms with Crippen LogP contribution in [-0.2, 0) is 102 Å². The van der Waals surface area contributed by atoms with Gasteiger partial charge in [0.15, 0.2) is 5.78 Å². The molecule has 43 heteroatoms. The Morgan fingerprint density at radius 3 is 1.69 bits per heavy atom. The summed E-state index contributed by atoms with van der Waals surface area (Å²) >= 11 is 0. The second-order valence-electron chi connectivity index (χ2n) is 27.2. The van der Waals surface area contributed by atoms with Crippen molar-refractivity contribution in [2.45, 2.75) is 209 Å². The molecule has 115 heavy (non-hydrogen) atoms. The van der Waals surface area contributed by atoms with Crippen LogP contribution in [0.15, 0.2) is 54.7 Å². The summed E-state index contributed by atoms with van der Waals surface area (Å²) in [6.45, 7) is 1.11. The molecule has 0 saturated carbocycles. The highest BCUT2D eigenvalue weighted by molar-refractivity contribution is 6.05. The first-order valence-electron chi connectivity index (χ1n) is 36.8. The molecule has 4 rings (SSSR count). The zero-order valence-electron chi connectivity index (χ0n) is 63.6. The van der Waals surface area contributed by atoms with Crippen molar-refractivity contribution in [2.75, 3.05) is 32.0 Å². The van der Waals surface area contributed by atoms with Crippen molar-refractivity contribution in [2.24, 2.45) is 17.4 Å². The Balaban J connectivity index is 1.87. The zero-order valence-corrected chi connectivity index (χ0v) is 63.6. The average molecular weight is 1620 g/mol. The third-order valence-corrected chi connectivity index (χ3v) is 17.9. The van der Waals surface area contributed by atoms with E-state index < -0.39 is 261 Å². The van der Waals surface area contributed by atoms with Gasteiger partial charge in [0.05, 0.1) is 51.8 Å². The van der Waals surface area contributed by atoms with E-state index in [4.69, 9.17) is 21.9 Å². The van der Waals surface area contributed by atoms with Gasteiger partial charge in [-0.3, -0.25) is 91.1 Å². The largest absolute Gasteiger partial charge is 0.481 e. The standard InChI is InChI=1S/C72H101N17O26/c1-5-6-7-8-9-10-11-22-53(93)81-44(25-38-31-76-42-20-15-13-17-39(38)42)66(108)84-45(27-52(75)92)67(109)86-48(30-59(102)103)68(110)89-61-37(4)115-72(114)49(26-51(91)40-18-12-14-19-41(40)74)87-71(113)60(35(2)24-56(96)97)88-69(111)50(34-90)82-55(95)32-77-63(105)46(28-57(98)99)83-62(104)36(3)79-65(107)47(29-58(100)101)85-64(106)43(21-16-23-73)80-54(94)33-78-70(61)112/h12-15,17-20,31,35-37,43-50,60-61,76,90H,5-11,16,21-30,32-34,73-74H2,1-4H3,(H2,75,92)(H,77,105)(H,78,112)(H,79,107)(H,80,94)(H,81,93)(H,82,95)(H,83,104)(H,84,108)(H,85,106)(H,86,109)(H,87,113)(H,88,111)(H,89,110)(H,96,97)(H,98,99)(H,100,101)(H,102,103)/t35-,36+,37+,43-,44-,45-,46-,47-,48-,49-,50+,60?,61-/m0/s1. The fraction of sp³-hybridized carbons (Fsp3) is 0.528. The number of carbonyl (C=O) groups excluding carboxylic acids is 16. The molecule has 0 bridgehead atoms. The highest BCUT2D eigenvalue weighted by atomic mass is 16.5. The van der Waals surface area contributed by atoms with Gasteiger partial charge in [-0.1, -0.05) is 82.7 Å². The van der Waals surface area contributed by atoms with Gasteiger partial charge in [0, 0.05) is 47.6 Å². The Kier molecular flexibility index (Phi) is 39.2. The maximum Gasteiger partial charge on any atom is 0.329 e. The van der Waals surface area contributed by atoms with Crippen molar-refractivity contribution in [3.05, 3.63) is 65.9 Å². The number of carboxylic acids is 4. The minimum Gasteiger partial charge on any atom is -0.481 e. The van der Waals surface area contributed by atoms with E-state index >= 15 is 0 Å². The molecule has 2 aromatic carbocycles. The van der Waals surface area contributed by atoms with Crippen LogP contribution in [0.4, 0.5) is 5.69 Å². The van der Waals surface area contributed by atoms with Crippen molar-refractivity contribution in [1.82, 2.24) is 74.1 Å². The van der Waals surface area contributed by atoms with Crippen LogP contribution in [0.1, 0.15) is 146 Å². The average Bonchev–Trinajstić information content (AvgIpc) is 1.72. The number of nitrogens with one attached hydrogen (secondary N) is 14. The maximum atomic E-state index is 14.8. The number of nitrogen functional groups attached to an aromatic ring is 1. The number of aliphatic carboxylic acids is 4. The number of esters is 1. The number of ether oxygens (including phenoxy) is 1. The van der Waals surface area contributed by atoms with Gasteiger partial charge >= 0.3 is 29.8 Å². The van der Waals surface area contributed by atoms with Crippen LogP contribution in [0.25, 0.3) is 10.9 Å². The summed E-state index contributed by atoms with van der Waals surface area (Å²) < 4.78 is 5.68. The molecule has 3 aromatic rings. The number of aromatic nitrogens is 1. The number of H-pyrrole nitrogens is 1. The lowest BCUT2D eigenvalue weighted by Gasteiger charge is -2.30. The number of ketones is 1. The lowest BCUT2D eigenvalue weighted by Crippen LogP contribution is -2.62. The number of cyclic esters (lactones) is 1. The molecule has 0 aliphatic carbocycles. The summed E-state index contributed by atoms with van der Waals surface area (Å²) in [7, 11) is 0. The van der Waals surface area contributed by atoms with Gasteiger partial charge in [0.25, 0.3) is 0 Å². The molecule has 1 aromatic heterocycles. The van der Waals surface area contributed by atoms with E-state index in [2.05, 4.69) is 65.1 Å². The van der Waals surface area contributed by atoms with Gasteiger partial charge in [0.1, 0.15) is 72.6 Å². The molecule has 1 aliphatic rings. The molecular formula is C72H101N17O26. The Bertz CT molecular complexity index is 4040. The third kappa shape index (κ3) is 32.5. The molecule has 0 spiro atoms. The fourth-order valence-electron chi connectivity index (χ4n) is 11.7. The van der Waals surface area contributed by atoms with E-state index in [9.17, 15) is 121 Å². The molecule has 2 heterocycles. The van der Waals surface area contributed by atoms with E-state index in [0.29, 0.717) is 29.3 Å². The molecule has 0 radical (unpaired) electrons. The van der Waals surface area contributed by atoms with Crippen molar-refractivity contribution >= 4 is 135 Å². The van der Waals surface area contributed by atoms with Crippen LogP contribution in [-0.4, -0.2) is 248 Å². The van der Waals surface area contributed by atoms with Gasteiger partial charge in [-0.15, -0.1) is 0 Å². The number of carbonyl (C=O) groups is 20. The van der Waals surface area contributed by atoms with E-state index in [0.717, 1.165) is 52.9 Å². The number of aromatic amines is 1. The quantitative estimate of drug-likeness (QED) is 0.0113. The highest BCUT2D eigenvalue weighted by Gasteiger charge is 2.41. The van der Waals surface area contributed by atoms with Crippen LogP contribution in [0.5, 0.6) is 0 Å². The van der Waals surface area contributed by atoms with Gasteiger partial charge < -0.3 is 122 Å². The maximum absolute atomic E-state index is 14.8. The van der Waals surface area contributed by atoms with E-state index in [1.165, 1.54) is 24.3 Å². The molecule has 43 nitrogen and oxygen atoms in total. The monoisotopic (exact) mass is 1620 g/mol. The number of hydrogen-bond donors (Lipinski definition) is 22. The molecule has 14 amide bonds. The number of unbranched alkanes of at least 4 members (excludes halogenated alkanes) is 6. The number of hydrogen-bond acceptors (Lipinski definition) is 24. The van der Waals surface area contributed by atoms with Gasteiger partial charge in [0.2, 0.25) is 82.7 Å². The predicted molar refractivity (Wildman–Crippen MR) is 400 cm³/mol. The number of nitrogens with two attached hydrogens (primary N) is 3.